The highest BCUT2D eigenvalue weighted by atomic mass is 28.5. The number of hydrogen-bond acceptors (Lipinski definition) is 4. The van der Waals surface area contributed by atoms with Crippen molar-refractivity contribution < 1.29 is 12.3 Å². The second-order valence-corrected chi connectivity index (χ2v) is 24.5. The quantitative estimate of drug-likeness (QED) is 0.507. The Kier molecular flexibility index (Phi) is 7.30. The smallest absolute Gasteiger partial charge is 0.405 e. The van der Waals surface area contributed by atoms with Crippen molar-refractivity contribution in [3.63, 3.8) is 0 Å². The molecule has 0 saturated heterocycles. The Morgan fingerprint density at radius 3 is 1.25 bits per heavy atom. The van der Waals surface area contributed by atoms with Gasteiger partial charge in [-0.2, -0.15) is 0 Å². The third kappa shape index (κ3) is 10.2. The Balaban J connectivity index is 5.43. The first kappa shape index (κ1) is 20.4. The van der Waals surface area contributed by atoms with E-state index in [1.165, 1.54) is 0 Å². The van der Waals surface area contributed by atoms with E-state index in [1.807, 2.05) is 6.08 Å². The van der Waals surface area contributed by atoms with Crippen LogP contribution in [0, 0.1) is 0 Å². The summed E-state index contributed by atoms with van der Waals surface area (Å²) < 4.78 is 19.3. The van der Waals surface area contributed by atoms with E-state index >= 15 is 0 Å². The molecule has 120 valence electrons. The van der Waals surface area contributed by atoms with Gasteiger partial charge in [0, 0.05) is 6.54 Å². The summed E-state index contributed by atoms with van der Waals surface area (Å²) in [5.41, 5.74) is 0. The average Bonchev–Trinajstić information content (AvgIpc) is 2.05. The maximum atomic E-state index is 6.42. The molecular weight excluding hydrogens is 318 g/mol. The van der Waals surface area contributed by atoms with Crippen LogP contribution in [0.2, 0.25) is 58.9 Å². The summed E-state index contributed by atoms with van der Waals surface area (Å²) in [6.45, 7) is 24.0. The van der Waals surface area contributed by atoms with Crippen LogP contribution < -0.4 is 4.98 Å². The monoisotopic (exact) mass is 351 g/mol. The van der Waals surface area contributed by atoms with Crippen molar-refractivity contribution in [2.75, 3.05) is 6.54 Å². The van der Waals surface area contributed by atoms with E-state index in [1.54, 1.807) is 0 Å². The Hall–Kier alpha value is 0.448. The van der Waals surface area contributed by atoms with Gasteiger partial charge >= 0.3 is 8.97 Å². The van der Waals surface area contributed by atoms with Crippen LogP contribution in [0.15, 0.2) is 12.7 Å². The van der Waals surface area contributed by atoms with Gasteiger partial charge in [0.05, 0.1) is 0 Å². The highest BCUT2D eigenvalue weighted by Crippen LogP contribution is 2.23. The van der Waals surface area contributed by atoms with E-state index in [0.29, 0.717) is 6.54 Å². The number of nitrogens with one attached hydrogen (secondary N) is 1. The molecule has 0 saturated carbocycles. The molecule has 0 amide bonds. The third-order valence-corrected chi connectivity index (χ3v) is 13.0. The summed E-state index contributed by atoms with van der Waals surface area (Å²) >= 11 is 0. The van der Waals surface area contributed by atoms with Crippen molar-refractivity contribution >= 4 is 33.9 Å². The van der Waals surface area contributed by atoms with Gasteiger partial charge in [0.15, 0.2) is 25.0 Å². The molecule has 0 aromatic rings. The van der Waals surface area contributed by atoms with Crippen LogP contribution in [-0.4, -0.2) is 40.5 Å². The van der Waals surface area contributed by atoms with Crippen LogP contribution in [0.5, 0.6) is 0 Å². The second kappa shape index (κ2) is 7.14. The van der Waals surface area contributed by atoms with Gasteiger partial charge in [0.2, 0.25) is 0 Å². The van der Waals surface area contributed by atoms with Crippen molar-refractivity contribution in [1.29, 1.82) is 0 Å². The summed E-state index contributed by atoms with van der Waals surface area (Å²) in [6.07, 6.45) is 1.83. The SMILES string of the molecule is C=CCN[Si](O[Si](C)(C)C)(O[Si](C)(C)C)O[Si](C)(C)C. The molecule has 0 aromatic heterocycles. The second-order valence-electron chi connectivity index (χ2n) is 7.87. The van der Waals surface area contributed by atoms with Crippen LogP contribution in [0.3, 0.4) is 0 Å². The molecule has 4 nitrogen and oxygen atoms in total. The van der Waals surface area contributed by atoms with Crippen LogP contribution in [0.25, 0.3) is 0 Å². The summed E-state index contributed by atoms with van der Waals surface area (Å²) in [6, 6.07) is 0. The molecule has 0 aromatic carbocycles. The molecule has 8 heteroatoms. The van der Waals surface area contributed by atoms with Crippen molar-refractivity contribution in [2.45, 2.75) is 58.9 Å². The highest BCUT2D eigenvalue weighted by Gasteiger charge is 2.50. The van der Waals surface area contributed by atoms with Crippen molar-refractivity contribution in [3.05, 3.63) is 12.7 Å². The van der Waals surface area contributed by atoms with Crippen molar-refractivity contribution in [2.24, 2.45) is 0 Å². The molecular formula is C12H33NO3Si4. The van der Waals surface area contributed by atoms with Gasteiger partial charge in [-0.05, 0) is 58.9 Å². The first-order valence-electron chi connectivity index (χ1n) is 7.14. The first-order valence-corrected chi connectivity index (χ1v) is 19.1. The van der Waals surface area contributed by atoms with E-state index < -0.39 is 33.9 Å². The minimum Gasteiger partial charge on any atom is -0.405 e. The van der Waals surface area contributed by atoms with Gasteiger partial charge < -0.3 is 12.3 Å². The topological polar surface area (TPSA) is 39.7 Å². The zero-order valence-corrected chi connectivity index (χ0v) is 18.7. The lowest BCUT2D eigenvalue weighted by atomic mass is 10.7. The fraction of sp³-hybridized carbons (Fsp3) is 0.833. The van der Waals surface area contributed by atoms with Crippen LogP contribution in [0.4, 0.5) is 0 Å². The lowest BCUT2D eigenvalue weighted by molar-refractivity contribution is 0.236. The first-order chi connectivity index (χ1) is 8.68. The van der Waals surface area contributed by atoms with Crippen molar-refractivity contribution in [1.82, 2.24) is 4.98 Å². The van der Waals surface area contributed by atoms with Crippen molar-refractivity contribution in [3.8, 4) is 0 Å². The fourth-order valence-corrected chi connectivity index (χ4v) is 14.1. The Bertz CT molecular complexity index is 277. The lowest BCUT2D eigenvalue weighted by Gasteiger charge is -2.42. The average molecular weight is 352 g/mol. The molecule has 0 atom stereocenters. The van der Waals surface area contributed by atoms with Gasteiger partial charge in [0.25, 0.3) is 0 Å². The van der Waals surface area contributed by atoms with E-state index in [4.69, 9.17) is 12.3 Å². The minimum absolute atomic E-state index is 0.645. The third-order valence-electron chi connectivity index (χ3n) is 1.78. The molecule has 0 unspecified atom stereocenters. The van der Waals surface area contributed by atoms with Crippen LogP contribution >= 0.6 is 0 Å². The predicted octanol–water partition coefficient (Wildman–Crippen LogP) is 3.75. The Morgan fingerprint density at radius 1 is 0.750 bits per heavy atom. The Labute approximate surface area is 129 Å². The molecule has 1 N–H and O–H groups in total. The molecule has 0 aliphatic heterocycles. The molecule has 0 bridgehead atoms. The zero-order chi connectivity index (χ0) is 16.2. The van der Waals surface area contributed by atoms with E-state index in [-0.39, 0.29) is 0 Å². The summed E-state index contributed by atoms with van der Waals surface area (Å²) in [4.78, 5) is 3.41. The largest absolute Gasteiger partial charge is 0.565 e. The van der Waals surface area contributed by atoms with Gasteiger partial charge in [-0.15, -0.1) is 6.58 Å². The standard InChI is InChI=1S/C12H33NO3Si4/c1-11-12-13-20(14-17(2,3)4,15-18(5,6)7)16-19(8,9)10/h11,13H,1,12H2,2-10H3. The van der Waals surface area contributed by atoms with Gasteiger partial charge in [-0.3, -0.25) is 4.98 Å². The number of rotatable bonds is 9. The molecule has 0 fully saturated rings. The molecule has 0 aliphatic rings. The van der Waals surface area contributed by atoms with Crippen LogP contribution in [0.1, 0.15) is 0 Å². The molecule has 0 spiro atoms. The normalized spacial score (nSPS) is 14.4. The summed E-state index contributed by atoms with van der Waals surface area (Å²) in [7, 11) is -8.21. The summed E-state index contributed by atoms with van der Waals surface area (Å²) in [5.74, 6) is 0. The molecule has 20 heavy (non-hydrogen) atoms. The molecule has 0 radical (unpaired) electrons. The maximum Gasteiger partial charge on any atom is 0.565 e. The van der Waals surface area contributed by atoms with Crippen LogP contribution in [-0.2, 0) is 12.3 Å². The Morgan fingerprint density at radius 2 is 1.05 bits per heavy atom. The minimum atomic E-state index is -2.86. The van der Waals surface area contributed by atoms with Gasteiger partial charge in [0.1, 0.15) is 0 Å². The number of hydrogen-bond donors (Lipinski definition) is 1. The molecule has 0 rings (SSSR count). The van der Waals surface area contributed by atoms with E-state index in [2.05, 4.69) is 70.5 Å². The zero-order valence-electron chi connectivity index (χ0n) is 14.7. The highest BCUT2D eigenvalue weighted by molar-refractivity contribution is 6.89. The predicted molar refractivity (Wildman–Crippen MR) is 97.2 cm³/mol. The summed E-state index contributed by atoms with van der Waals surface area (Å²) in [5, 5.41) is 0. The molecule has 0 heterocycles. The van der Waals surface area contributed by atoms with E-state index in [9.17, 15) is 0 Å². The maximum absolute atomic E-state index is 6.42. The fourth-order valence-electron chi connectivity index (χ4n) is 1.58. The lowest BCUT2D eigenvalue weighted by Crippen LogP contribution is -2.68. The van der Waals surface area contributed by atoms with E-state index in [0.717, 1.165) is 0 Å². The van der Waals surface area contributed by atoms with Gasteiger partial charge in [-0.1, -0.05) is 6.08 Å². The van der Waals surface area contributed by atoms with Gasteiger partial charge in [-0.25, -0.2) is 0 Å². The molecule has 0 aliphatic carbocycles.